The summed E-state index contributed by atoms with van der Waals surface area (Å²) in [5.74, 6) is 0.848. The maximum absolute atomic E-state index is 3.76. The van der Waals surface area contributed by atoms with Crippen molar-refractivity contribution in [3.8, 4) is 0 Å². The molecule has 1 saturated heterocycles. The van der Waals surface area contributed by atoms with E-state index in [1.807, 2.05) is 0 Å². The van der Waals surface area contributed by atoms with Crippen LogP contribution in [0.1, 0.15) is 72.6 Å². The minimum atomic E-state index is 0.648. The van der Waals surface area contributed by atoms with Crippen LogP contribution in [0.3, 0.4) is 0 Å². The summed E-state index contributed by atoms with van der Waals surface area (Å²) < 4.78 is 0. The van der Waals surface area contributed by atoms with Crippen LogP contribution >= 0.6 is 0 Å². The van der Waals surface area contributed by atoms with E-state index < -0.39 is 0 Å². The van der Waals surface area contributed by atoms with E-state index in [1.165, 1.54) is 51.5 Å². The van der Waals surface area contributed by atoms with Crippen LogP contribution in [0.5, 0.6) is 0 Å². The van der Waals surface area contributed by atoms with Gasteiger partial charge in [0.2, 0.25) is 0 Å². The highest BCUT2D eigenvalue weighted by molar-refractivity contribution is 4.78. The summed E-state index contributed by atoms with van der Waals surface area (Å²) in [6, 6.07) is 2.07. The van der Waals surface area contributed by atoms with Gasteiger partial charge in [0.15, 0.2) is 0 Å². The van der Waals surface area contributed by atoms with Crippen molar-refractivity contribution in [3.05, 3.63) is 0 Å². The minimum Gasteiger partial charge on any atom is -0.314 e. The van der Waals surface area contributed by atoms with E-state index >= 15 is 0 Å². The van der Waals surface area contributed by atoms with Gasteiger partial charge < -0.3 is 10.6 Å². The van der Waals surface area contributed by atoms with Gasteiger partial charge in [-0.15, -0.1) is 0 Å². The molecule has 0 bridgehead atoms. The van der Waals surface area contributed by atoms with Crippen LogP contribution in [0.4, 0.5) is 0 Å². The van der Waals surface area contributed by atoms with Crippen molar-refractivity contribution in [2.45, 2.75) is 90.8 Å². The molecule has 0 spiro atoms. The Balaban J connectivity index is 2.08. The molecule has 0 aromatic rings. The van der Waals surface area contributed by atoms with Crippen LogP contribution in [0.2, 0.25) is 0 Å². The first-order valence-electron chi connectivity index (χ1n) is 8.07. The second-order valence-corrected chi connectivity index (χ2v) is 6.68. The van der Waals surface area contributed by atoms with Gasteiger partial charge >= 0.3 is 0 Å². The average molecular weight is 254 g/mol. The normalized spacial score (nSPS) is 24.2. The molecule has 18 heavy (non-hydrogen) atoms. The molecule has 2 heteroatoms. The van der Waals surface area contributed by atoms with Gasteiger partial charge in [-0.25, -0.2) is 0 Å². The van der Waals surface area contributed by atoms with Crippen LogP contribution in [-0.4, -0.2) is 24.7 Å². The predicted octanol–water partition coefficient (Wildman–Crippen LogP) is 3.71. The molecule has 0 aliphatic carbocycles. The zero-order valence-corrected chi connectivity index (χ0v) is 13.0. The summed E-state index contributed by atoms with van der Waals surface area (Å²) in [5.41, 5.74) is 0. The first-order chi connectivity index (χ1) is 8.58. The fraction of sp³-hybridized carbons (Fsp3) is 1.00. The molecule has 0 radical (unpaired) electrons. The molecule has 108 valence electrons. The van der Waals surface area contributed by atoms with Crippen molar-refractivity contribution in [2.24, 2.45) is 5.92 Å². The Hall–Kier alpha value is -0.0800. The summed E-state index contributed by atoms with van der Waals surface area (Å²) in [7, 11) is 0. The van der Waals surface area contributed by atoms with E-state index in [-0.39, 0.29) is 0 Å². The SMILES string of the molecule is CC(C)CCCC(C)NC(C)CC1CCCCN1. The zero-order chi connectivity index (χ0) is 13.4. The van der Waals surface area contributed by atoms with Gasteiger partial charge in [-0.05, 0) is 52.0 Å². The first kappa shape index (κ1) is 16.0. The Morgan fingerprint density at radius 1 is 1.06 bits per heavy atom. The number of hydrogen-bond donors (Lipinski definition) is 2. The molecule has 1 aliphatic rings. The molecule has 0 aromatic carbocycles. The summed E-state index contributed by atoms with van der Waals surface area (Å²) in [4.78, 5) is 0. The number of nitrogens with one attached hydrogen (secondary N) is 2. The Labute approximate surface area is 114 Å². The summed E-state index contributed by atoms with van der Waals surface area (Å²) in [5, 5.41) is 7.40. The Kier molecular flexibility index (Phi) is 7.92. The predicted molar refractivity (Wildman–Crippen MR) is 81.0 cm³/mol. The lowest BCUT2D eigenvalue weighted by molar-refractivity contribution is 0.325. The van der Waals surface area contributed by atoms with Crippen LogP contribution in [0, 0.1) is 5.92 Å². The van der Waals surface area contributed by atoms with Crippen molar-refractivity contribution in [2.75, 3.05) is 6.54 Å². The minimum absolute atomic E-state index is 0.648. The largest absolute Gasteiger partial charge is 0.314 e. The maximum atomic E-state index is 3.76. The van der Waals surface area contributed by atoms with Gasteiger partial charge in [0.05, 0.1) is 0 Å². The molecule has 1 fully saturated rings. The lowest BCUT2D eigenvalue weighted by Gasteiger charge is -2.28. The Morgan fingerprint density at radius 3 is 2.44 bits per heavy atom. The van der Waals surface area contributed by atoms with E-state index in [4.69, 9.17) is 0 Å². The van der Waals surface area contributed by atoms with Crippen LogP contribution in [-0.2, 0) is 0 Å². The van der Waals surface area contributed by atoms with E-state index in [1.54, 1.807) is 0 Å². The molecule has 0 saturated carbocycles. The third-order valence-corrected chi connectivity index (χ3v) is 4.04. The van der Waals surface area contributed by atoms with Gasteiger partial charge in [0.25, 0.3) is 0 Å². The van der Waals surface area contributed by atoms with Gasteiger partial charge in [0.1, 0.15) is 0 Å². The third kappa shape index (κ3) is 7.38. The number of rotatable bonds is 8. The van der Waals surface area contributed by atoms with E-state index in [9.17, 15) is 0 Å². The lowest BCUT2D eigenvalue weighted by Crippen LogP contribution is -2.42. The molecular formula is C16H34N2. The fourth-order valence-electron chi connectivity index (χ4n) is 3.02. The second kappa shape index (κ2) is 8.92. The van der Waals surface area contributed by atoms with Crippen LogP contribution in [0.25, 0.3) is 0 Å². The molecule has 3 atom stereocenters. The second-order valence-electron chi connectivity index (χ2n) is 6.68. The molecule has 2 nitrogen and oxygen atoms in total. The molecule has 1 heterocycles. The van der Waals surface area contributed by atoms with Crippen molar-refractivity contribution in [3.63, 3.8) is 0 Å². The standard InChI is InChI=1S/C16H34N2/c1-13(2)8-7-9-14(3)18-15(4)12-16-10-5-6-11-17-16/h13-18H,5-12H2,1-4H3. The zero-order valence-electron chi connectivity index (χ0n) is 13.0. The monoisotopic (exact) mass is 254 g/mol. The van der Waals surface area contributed by atoms with Gasteiger partial charge in [0, 0.05) is 18.1 Å². The van der Waals surface area contributed by atoms with Crippen molar-refractivity contribution in [1.29, 1.82) is 0 Å². The third-order valence-electron chi connectivity index (χ3n) is 4.04. The molecule has 1 rings (SSSR count). The quantitative estimate of drug-likeness (QED) is 0.690. The smallest absolute Gasteiger partial charge is 0.00817 e. The highest BCUT2D eigenvalue weighted by Crippen LogP contribution is 2.13. The Bertz CT molecular complexity index is 197. The highest BCUT2D eigenvalue weighted by atomic mass is 15.0. The lowest BCUT2D eigenvalue weighted by atomic mass is 9.98. The maximum Gasteiger partial charge on any atom is 0.00817 e. The van der Waals surface area contributed by atoms with Crippen molar-refractivity contribution in [1.82, 2.24) is 10.6 Å². The van der Waals surface area contributed by atoms with E-state index in [0.29, 0.717) is 12.1 Å². The summed E-state index contributed by atoms with van der Waals surface area (Å²) >= 11 is 0. The van der Waals surface area contributed by atoms with Crippen molar-refractivity contribution < 1.29 is 0 Å². The first-order valence-corrected chi connectivity index (χ1v) is 8.07. The van der Waals surface area contributed by atoms with Gasteiger partial charge in [-0.3, -0.25) is 0 Å². The molecule has 2 N–H and O–H groups in total. The molecular weight excluding hydrogens is 220 g/mol. The number of hydrogen-bond acceptors (Lipinski definition) is 2. The van der Waals surface area contributed by atoms with Gasteiger partial charge in [-0.1, -0.05) is 33.1 Å². The Morgan fingerprint density at radius 2 is 1.83 bits per heavy atom. The van der Waals surface area contributed by atoms with E-state index in [2.05, 4.69) is 38.3 Å². The topological polar surface area (TPSA) is 24.1 Å². The fourth-order valence-corrected chi connectivity index (χ4v) is 3.02. The van der Waals surface area contributed by atoms with Crippen molar-refractivity contribution >= 4 is 0 Å². The highest BCUT2D eigenvalue weighted by Gasteiger charge is 2.16. The summed E-state index contributed by atoms with van der Waals surface area (Å²) in [6.07, 6.45) is 9.48. The van der Waals surface area contributed by atoms with Crippen LogP contribution < -0.4 is 10.6 Å². The van der Waals surface area contributed by atoms with E-state index in [0.717, 1.165) is 12.0 Å². The van der Waals surface area contributed by atoms with Crippen LogP contribution in [0.15, 0.2) is 0 Å². The average Bonchev–Trinajstić information content (AvgIpc) is 2.29. The van der Waals surface area contributed by atoms with Gasteiger partial charge in [-0.2, -0.15) is 0 Å². The molecule has 0 amide bonds. The molecule has 3 unspecified atom stereocenters. The molecule has 1 aliphatic heterocycles. The number of piperidine rings is 1. The molecule has 0 aromatic heterocycles. The summed E-state index contributed by atoms with van der Waals surface area (Å²) in [6.45, 7) is 10.5.